The van der Waals surface area contributed by atoms with Gasteiger partial charge in [-0.05, 0) is 43.9 Å². The molecule has 272 valence electrons. The maximum absolute atomic E-state index is 5.03. The predicted octanol–water partition coefficient (Wildman–Crippen LogP) is 11.5. The largest absolute Gasteiger partial charge is 0.213 e. The van der Waals surface area contributed by atoms with Crippen molar-refractivity contribution in [3.63, 3.8) is 0 Å². The van der Waals surface area contributed by atoms with Gasteiger partial charge in [-0.3, -0.25) is 0 Å². The van der Waals surface area contributed by atoms with E-state index in [9.17, 15) is 0 Å². The zero-order chi connectivity index (χ0) is 38.3. The van der Waals surface area contributed by atoms with Gasteiger partial charge in [0, 0.05) is 22.3 Å². The van der Waals surface area contributed by atoms with Crippen LogP contribution in [-0.4, -0.2) is 29.9 Å². The molecule has 0 radical (unpaired) electrons. The molecule has 0 aliphatic rings. The van der Waals surface area contributed by atoms with Gasteiger partial charge in [-0.1, -0.05) is 180 Å². The number of benzene rings is 4. The quantitative estimate of drug-likeness (QED) is 0.172. The van der Waals surface area contributed by atoms with Crippen LogP contribution in [0.3, 0.4) is 0 Å². The Balaban J connectivity index is 1.46. The third-order valence-electron chi connectivity index (χ3n) is 9.72. The van der Waals surface area contributed by atoms with E-state index >= 15 is 0 Å². The van der Waals surface area contributed by atoms with Crippen molar-refractivity contribution in [2.45, 2.75) is 111 Å². The molecular formula is C47H54N6. The molecule has 0 fully saturated rings. The van der Waals surface area contributed by atoms with E-state index in [0.717, 1.165) is 22.3 Å². The van der Waals surface area contributed by atoms with E-state index in [-0.39, 0.29) is 21.7 Å². The summed E-state index contributed by atoms with van der Waals surface area (Å²) < 4.78 is 0. The molecule has 0 N–H and O–H groups in total. The topological polar surface area (TPSA) is 77.3 Å². The van der Waals surface area contributed by atoms with Crippen molar-refractivity contribution in [1.82, 2.24) is 29.9 Å². The molecule has 0 unspecified atom stereocenters. The standard InChI is InChI=1S/C47H54N6/c1-44(2,3)34-21-13-30(14-22-34)40-48-38(49-41(52-40)31-15-23-35(24-16-31)45(4,5)6)29-39-50-42(32-17-25-36(26-18-32)46(7,8)9)53-43(51-39)33-19-27-37(28-20-33)47(10,11)12/h13-28H,29H2,1-12H3. The minimum absolute atomic E-state index is 0.0387. The SMILES string of the molecule is CC(C)(C)c1ccc(-c2nc(Cc3nc(-c4ccc(C(C)(C)C)cc4)nc(-c4ccc(C(C)(C)C)cc4)n3)nc(-c3ccc(C(C)(C)C)cc3)n2)cc1. The molecule has 0 saturated carbocycles. The van der Waals surface area contributed by atoms with Crippen LogP contribution in [0.15, 0.2) is 97.1 Å². The van der Waals surface area contributed by atoms with Crippen molar-refractivity contribution in [2.24, 2.45) is 0 Å². The summed E-state index contributed by atoms with van der Waals surface area (Å²) in [6, 6.07) is 34.1. The van der Waals surface area contributed by atoms with E-state index in [1.165, 1.54) is 22.3 Å². The van der Waals surface area contributed by atoms with Crippen LogP contribution < -0.4 is 0 Å². The molecule has 0 amide bonds. The third kappa shape index (κ3) is 8.93. The van der Waals surface area contributed by atoms with Gasteiger partial charge in [0.15, 0.2) is 23.3 Å². The van der Waals surface area contributed by atoms with Gasteiger partial charge < -0.3 is 0 Å². The normalized spacial score (nSPS) is 12.6. The summed E-state index contributed by atoms with van der Waals surface area (Å²) in [5, 5.41) is 0. The number of hydrogen-bond donors (Lipinski definition) is 0. The fourth-order valence-electron chi connectivity index (χ4n) is 6.13. The smallest absolute Gasteiger partial charge is 0.163 e. The first-order valence-corrected chi connectivity index (χ1v) is 18.7. The Morgan fingerprint density at radius 3 is 0.642 bits per heavy atom. The lowest BCUT2D eigenvalue weighted by Gasteiger charge is -2.19. The predicted molar refractivity (Wildman–Crippen MR) is 219 cm³/mol. The van der Waals surface area contributed by atoms with Gasteiger partial charge in [-0.2, -0.15) is 0 Å². The van der Waals surface area contributed by atoms with E-state index in [4.69, 9.17) is 29.9 Å². The average molecular weight is 703 g/mol. The van der Waals surface area contributed by atoms with Crippen LogP contribution in [0, 0.1) is 0 Å². The lowest BCUT2D eigenvalue weighted by Crippen LogP contribution is -2.12. The van der Waals surface area contributed by atoms with Gasteiger partial charge in [-0.15, -0.1) is 0 Å². The summed E-state index contributed by atoms with van der Waals surface area (Å²) in [6.45, 7) is 26.6. The van der Waals surface area contributed by atoms with Crippen LogP contribution in [0.2, 0.25) is 0 Å². The molecule has 4 aromatic carbocycles. The Labute approximate surface area is 316 Å². The van der Waals surface area contributed by atoms with Gasteiger partial charge in [0.05, 0.1) is 6.42 Å². The summed E-state index contributed by atoms with van der Waals surface area (Å²) in [6.07, 6.45) is 0.311. The molecule has 0 aliphatic carbocycles. The number of nitrogens with zero attached hydrogens (tertiary/aromatic N) is 6. The summed E-state index contributed by atoms with van der Waals surface area (Å²) in [5.41, 5.74) is 8.91. The molecule has 0 spiro atoms. The van der Waals surface area contributed by atoms with Crippen molar-refractivity contribution in [3.8, 4) is 45.6 Å². The number of rotatable bonds is 6. The fraction of sp³-hybridized carbons (Fsp3) is 0.362. The summed E-state index contributed by atoms with van der Waals surface area (Å²) in [7, 11) is 0. The van der Waals surface area contributed by atoms with Crippen molar-refractivity contribution in [3.05, 3.63) is 131 Å². The molecule has 53 heavy (non-hydrogen) atoms. The zero-order valence-electron chi connectivity index (χ0n) is 33.6. The summed E-state index contributed by atoms with van der Waals surface area (Å²) in [5.74, 6) is 3.68. The highest BCUT2D eigenvalue weighted by Gasteiger charge is 2.20. The number of hydrogen-bond acceptors (Lipinski definition) is 6. The molecule has 0 atom stereocenters. The van der Waals surface area contributed by atoms with Gasteiger partial charge >= 0.3 is 0 Å². The Kier molecular flexibility index (Phi) is 9.97. The first-order valence-electron chi connectivity index (χ1n) is 18.7. The highest BCUT2D eigenvalue weighted by molar-refractivity contribution is 5.64. The molecule has 2 heterocycles. The maximum atomic E-state index is 5.03. The van der Waals surface area contributed by atoms with E-state index in [0.29, 0.717) is 41.4 Å². The van der Waals surface area contributed by atoms with Crippen LogP contribution in [0.25, 0.3) is 45.6 Å². The molecule has 6 rings (SSSR count). The Morgan fingerprint density at radius 2 is 0.472 bits per heavy atom. The first-order chi connectivity index (χ1) is 24.7. The lowest BCUT2D eigenvalue weighted by molar-refractivity contribution is 0.590. The third-order valence-corrected chi connectivity index (χ3v) is 9.72. The van der Waals surface area contributed by atoms with E-state index in [2.05, 4.69) is 180 Å². The molecule has 0 bridgehead atoms. The zero-order valence-corrected chi connectivity index (χ0v) is 33.6. The van der Waals surface area contributed by atoms with Crippen LogP contribution >= 0.6 is 0 Å². The van der Waals surface area contributed by atoms with Crippen molar-refractivity contribution in [2.75, 3.05) is 0 Å². The van der Waals surface area contributed by atoms with Crippen molar-refractivity contribution >= 4 is 0 Å². The Hall–Kier alpha value is -5.10. The molecule has 6 aromatic rings. The maximum Gasteiger partial charge on any atom is 0.163 e. The Morgan fingerprint density at radius 1 is 0.283 bits per heavy atom. The van der Waals surface area contributed by atoms with Crippen molar-refractivity contribution in [1.29, 1.82) is 0 Å². The van der Waals surface area contributed by atoms with Crippen molar-refractivity contribution < 1.29 is 0 Å². The van der Waals surface area contributed by atoms with Crippen LogP contribution in [0.4, 0.5) is 0 Å². The monoisotopic (exact) mass is 702 g/mol. The van der Waals surface area contributed by atoms with E-state index in [1.54, 1.807) is 0 Å². The molecule has 2 aromatic heterocycles. The summed E-state index contributed by atoms with van der Waals surface area (Å²) in [4.78, 5) is 30.2. The van der Waals surface area contributed by atoms with Crippen LogP contribution in [0.5, 0.6) is 0 Å². The van der Waals surface area contributed by atoms with Crippen LogP contribution in [-0.2, 0) is 28.1 Å². The molecular weight excluding hydrogens is 649 g/mol. The van der Waals surface area contributed by atoms with E-state index in [1.807, 2.05) is 0 Å². The minimum atomic E-state index is 0.0387. The van der Waals surface area contributed by atoms with Crippen LogP contribution in [0.1, 0.15) is 117 Å². The summed E-state index contributed by atoms with van der Waals surface area (Å²) >= 11 is 0. The molecule has 6 heteroatoms. The fourth-order valence-corrected chi connectivity index (χ4v) is 6.13. The minimum Gasteiger partial charge on any atom is -0.213 e. The molecule has 0 saturated heterocycles. The lowest BCUT2D eigenvalue weighted by atomic mass is 9.86. The van der Waals surface area contributed by atoms with Gasteiger partial charge in [0.2, 0.25) is 0 Å². The van der Waals surface area contributed by atoms with Gasteiger partial charge in [0.25, 0.3) is 0 Å². The first kappa shape index (κ1) is 37.7. The highest BCUT2D eigenvalue weighted by Crippen LogP contribution is 2.30. The van der Waals surface area contributed by atoms with Gasteiger partial charge in [0.1, 0.15) is 11.6 Å². The average Bonchev–Trinajstić information content (AvgIpc) is 3.10. The second kappa shape index (κ2) is 14.0. The Bertz CT molecular complexity index is 1880. The number of aromatic nitrogens is 6. The van der Waals surface area contributed by atoms with Gasteiger partial charge in [-0.25, -0.2) is 29.9 Å². The second-order valence-corrected chi connectivity index (χ2v) is 18.3. The molecule has 6 nitrogen and oxygen atoms in total. The van der Waals surface area contributed by atoms with E-state index < -0.39 is 0 Å². The second-order valence-electron chi connectivity index (χ2n) is 18.3. The highest BCUT2D eigenvalue weighted by atomic mass is 15.1. The molecule has 0 aliphatic heterocycles.